The third-order valence-electron chi connectivity index (χ3n) is 4.11. The van der Waals surface area contributed by atoms with Crippen molar-refractivity contribution in [1.82, 2.24) is 0 Å². The number of amides is 1. The van der Waals surface area contributed by atoms with Gasteiger partial charge < -0.3 is 14.4 Å². The Kier molecular flexibility index (Phi) is 4.51. The lowest BCUT2D eigenvalue weighted by molar-refractivity contribution is -0.120. The first-order valence-electron chi connectivity index (χ1n) is 7.81. The second-order valence-electron chi connectivity index (χ2n) is 5.75. The third kappa shape index (κ3) is 3.11. The molecule has 124 valence electrons. The molecule has 1 aliphatic heterocycles. The molecule has 0 N–H and O–H groups in total. The van der Waals surface area contributed by atoms with E-state index >= 15 is 0 Å². The van der Waals surface area contributed by atoms with Crippen LogP contribution < -0.4 is 9.64 Å². The molecular formula is C19H19NO4. The summed E-state index contributed by atoms with van der Waals surface area (Å²) in [6, 6.07) is 14.6. The fourth-order valence-electron chi connectivity index (χ4n) is 2.97. The second kappa shape index (κ2) is 6.74. The lowest BCUT2D eigenvalue weighted by Gasteiger charge is -2.22. The van der Waals surface area contributed by atoms with Crippen LogP contribution in [0.3, 0.4) is 0 Å². The lowest BCUT2D eigenvalue weighted by atomic mass is 10.1. The zero-order valence-corrected chi connectivity index (χ0v) is 13.7. The van der Waals surface area contributed by atoms with Crippen LogP contribution in [0.1, 0.15) is 22.8 Å². The number of ether oxygens (including phenoxy) is 2. The number of benzene rings is 2. The van der Waals surface area contributed by atoms with E-state index in [0.29, 0.717) is 11.3 Å². The number of anilines is 1. The average Bonchev–Trinajstić information content (AvgIpc) is 2.95. The van der Waals surface area contributed by atoms with Crippen molar-refractivity contribution < 1.29 is 19.1 Å². The molecular weight excluding hydrogens is 306 g/mol. The molecule has 0 aromatic heterocycles. The van der Waals surface area contributed by atoms with E-state index in [9.17, 15) is 9.59 Å². The standard InChI is InChI=1S/C19H19NO4/c1-13-11-15-5-3-4-6-17(15)20(13)18(21)12-24-16-9-7-14(8-10-16)19(22)23-2/h3-10,13H,11-12H2,1-2H3/t13-/m0/s1. The molecule has 0 saturated carbocycles. The highest BCUT2D eigenvalue weighted by molar-refractivity contribution is 5.97. The van der Waals surface area contributed by atoms with Crippen LogP contribution in [0, 0.1) is 0 Å². The largest absolute Gasteiger partial charge is 0.484 e. The maximum absolute atomic E-state index is 12.5. The quantitative estimate of drug-likeness (QED) is 0.811. The van der Waals surface area contributed by atoms with Crippen molar-refractivity contribution in [2.45, 2.75) is 19.4 Å². The minimum absolute atomic E-state index is 0.0454. The number of fused-ring (bicyclic) bond motifs is 1. The van der Waals surface area contributed by atoms with Crippen LogP contribution in [0.2, 0.25) is 0 Å². The molecule has 0 bridgehead atoms. The molecule has 0 saturated heterocycles. The topological polar surface area (TPSA) is 55.8 Å². The van der Waals surface area contributed by atoms with Crippen molar-refractivity contribution in [3.05, 3.63) is 59.7 Å². The first-order chi connectivity index (χ1) is 11.6. The summed E-state index contributed by atoms with van der Waals surface area (Å²) in [6.07, 6.45) is 0.857. The van der Waals surface area contributed by atoms with Crippen molar-refractivity contribution in [3.8, 4) is 5.75 Å². The average molecular weight is 325 g/mol. The summed E-state index contributed by atoms with van der Waals surface area (Å²) < 4.78 is 10.2. The summed E-state index contributed by atoms with van der Waals surface area (Å²) in [6.45, 7) is 1.99. The molecule has 24 heavy (non-hydrogen) atoms. The molecule has 5 nitrogen and oxygen atoms in total. The van der Waals surface area contributed by atoms with Crippen LogP contribution in [-0.4, -0.2) is 31.6 Å². The van der Waals surface area contributed by atoms with Gasteiger partial charge in [0.1, 0.15) is 5.75 Å². The van der Waals surface area contributed by atoms with Crippen molar-refractivity contribution in [1.29, 1.82) is 0 Å². The number of nitrogens with zero attached hydrogens (tertiary/aromatic N) is 1. The van der Waals surface area contributed by atoms with Crippen LogP contribution >= 0.6 is 0 Å². The van der Waals surface area contributed by atoms with E-state index in [0.717, 1.165) is 12.1 Å². The summed E-state index contributed by atoms with van der Waals surface area (Å²) in [5.41, 5.74) is 2.58. The maximum atomic E-state index is 12.5. The number of methoxy groups -OCH3 is 1. The minimum Gasteiger partial charge on any atom is -0.484 e. The molecule has 0 aliphatic carbocycles. The van der Waals surface area contributed by atoms with Crippen LogP contribution in [0.25, 0.3) is 0 Å². The third-order valence-corrected chi connectivity index (χ3v) is 4.11. The zero-order chi connectivity index (χ0) is 17.1. The Morgan fingerprint density at radius 3 is 2.54 bits per heavy atom. The molecule has 2 aromatic carbocycles. The van der Waals surface area contributed by atoms with Gasteiger partial charge >= 0.3 is 5.97 Å². The van der Waals surface area contributed by atoms with E-state index in [1.54, 1.807) is 29.2 Å². The predicted molar refractivity (Wildman–Crippen MR) is 90.4 cm³/mol. The Morgan fingerprint density at radius 2 is 1.83 bits per heavy atom. The molecule has 0 unspecified atom stereocenters. The van der Waals surface area contributed by atoms with Gasteiger partial charge in [-0.15, -0.1) is 0 Å². The van der Waals surface area contributed by atoms with Gasteiger partial charge in [0, 0.05) is 11.7 Å². The van der Waals surface area contributed by atoms with Gasteiger partial charge in [0.2, 0.25) is 0 Å². The van der Waals surface area contributed by atoms with Gasteiger partial charge in [-0.1, -0.05) is 18.2 Å². The molecule has 1 amide bonds. The number of para-hydroxylation sites is 1. The Balaban J connectivity index is 1.65. The van der Waals surface area contributed by atoms with Crippen LogP contribution in [-0.2, 0) is 16.0 Å². The smallest absolute Gasteiger partial charge is 0.337 e. The van der Waals surface area contributed by atoms with Crippen molar-refractivity contribution in [2.75, 3.05) is 18.6 Å². The Morgan fingerprint density at radius 1 is 1.12 bits per heavy atom. The molecule has 1 heterocycles. The van der Waals surface area contributed by atoms with Crippen molar-refractivity contribution in [3.63, 3.8) is 0 Å². The summed E-state index contributed by atoms with van der Waals surface area (Å²) >= 11 is 0. The minimum atomic E-state index is -0.403. The highest BCUT2D eigenvalue weighted by Crippen LogP contribution is 2.31. The van der Waals surface area contributed by atoms with E-state index in [-0.39, 0.29) is 18.6 Å². The summed E-state index contributed by atoms with van der Waals surface area (Å²) in [7, 11) is 1.33. The highest BCUT2D eigenvalue weighted by Gasteiger charge is 2.30. The number of rotatable bonds is 4. The van der Waals surface area contributed by atoms with Crippen molar-refractivity contribution in [2.24, 2.45) is 0 Å². The Labute approximate surface area is 140 Å². The van der Waals surface area contributed by atoms with Crippen LogP contribution in [0.5, 0.6) is 5.75 Å². The molecule has 5 heteroatoms. The van der Waals surface area contributed by atoms with E-state index in [2.05, 4.69) is 4.74 Å². The fraction of sp³-hybridized carbons (Fsp3) is 0.263. The molecule has 1 atom stereocenters. The molecule has 1 aliphatic rings. The van der Waals surface area contributed by atoms with Gasteiger partial charge in [-0.25, -0.2) is 4.79 Å². The first-order valence-corrected chi connectivity index (χ1v) is 7.81. The van der Waals surface area contributed by atoms with E-state index in [4.69, 9.17) is 4.74 Å². The lowest BCUT2D eigenvalue weighted by Crippen LogP contribution is -2.39. The number of carbonyl (C=O) groups is 2. The van der Waals surface area contributed by atoms with Gasteiger partial charge in [-0.3, -0.25) is 4.79 Å². The number of carbonyl (C=O) groups excluding carboxylic acids is 2. The molecule has 0 fully saturated rings. The second-order valence-corrected chi connectivity index (χ2v) is 5.75. The molecule has 3 rings (SSSR count). The highest BCUT2D eigenvalue weighted by atomic mass is 16.5. The summed E-state index contributed by atoms with van der Waals surface area (Å²) in [5, 5.41) is 0. The van der Waals surface area contributed by atoms with Gasteiger partial charge in [-0.2, -0.15) is 0 Å². The monoisotopic (exact) mass is 325 g/mol. The van der Waals surface area contributed by atoms with Gasteiger partial charge in [-0.05, 0) is 49.2 Å². The predicted octanol–water partition coefficient (Wildman–Crippen LogP) is 2.83. The zero-order valence-electron chi connectivity index (χ0n) is 13.7. The van der Waals surface area contributed by atoms with Crippen molar-refractivity contribution >= 4 is 17.6 Å². The van der Waals surface area contributed by atoms with Crippen LogP contribution in [0.15, 0.2) is 48.5 Å². The maximum Gasteiger partial charge on any atom is 0.337 e. The van der Waals surface area contributed by atoms with Gasteiger partial charge in [0.15, 0.2) is 6.61 Å². The molecule has 2 aromatic rings. The Bertz CT molecular complexity index is 754. The van der Waals surface area contributed by atoms with E-state index in [1.807, 2.05) is 31.2 Å². The normalized spacial score (nSPS) is 15.8. The SMILES string of the molecule is COC(=O)c1ccc(OCC(=O)N2c3ccccc3C[C@@H]2C)cc1. The number of esters is 1. The van der Waals surface area contributed by atoms with Crippen LogP contribution in [0.4, 0.5) is 5.69 Å². The van der Waals surface area contributed by atoms with E-state index in [1.165, 1.54) is 12.7 Å². The summed E-state index contributed by atoms with van der Waals surface area (Å²) in [5.74, 6) is 0.0563. The van der Waals surface area contributed by atoms with Gasteiger partial charge in [0.05, 0.1) is 12.7 Å². The fourth-order valence-corrected chi connectivity index (χ4v) is 2.97. The number of hydrogen-bond acceptors (Lipinski definition) is 4. The molecule has 0 radical (unpaired) electrons. The number of hydrogen-bond donors (Lipinski definition) is 0. The summed E-state index contributed by atoms with van der Waals surface area (Å²) in [4.78, 5) is 25.7. The Hall–Kier alpha value is -2.82. The first kappa shape index (κ1) is 16.1. The van der Waals surface area contributed by atoms with Gasteiger partial charge in [0.25, 0.3) is 5.91 Å². The van der Waals surface area contributed by atoms with E-state index < -0.39 is 5.97 Å². The molecule has 0 spiro atoms.